The first-order valence-corrected chi connectivity index (χ1v) is 6.75. The number of carbonyl (C=O) groups excluding carboxylic acids is 1. The molecule has 0 aromatic carbocycles. The van der Waals surface area contributed by atoms with Crippen molar-refractivity contribution in [2.75, 3.05) is 18.0 Å². The zero-order valence-electron chi connectivity index (χ0n) is 9.36. The lowest BCUT2D eigenvalue weighted by Crippen LogP contribution is -2.29. The summed E-state index contributed by atoms with van der Waals surface area (Å²) in [6.07, 6.45) is 6.60. The van der Waals surface area contributed by atoms with Crippen LogP contribution in [-0.4, -0.2) is 24.0 Å². The van der Waals surface area contributed by atoms with Gasteiger partial charge in [0.2, 0.25) is 5.91 Å². The summed E-state index contributed by atoms with van der Waals surface area (Å²) >= 11 is 7.51. The second kappa shape index (κ2) is 5.51. The number of nitrogens with zero attached hydrogens (tertiary/aromatic N) is 2. The van der Waals surface area contributed by atoms with Crippen molar-refractivity contribution >= 4 is 40.1 Å². The van der Waals surface area contributed by atoms with Gasteiger partial charge in [0.1, 0.15) is 5.15 Å². The van der Waals surface area contributed by atoms with Gasteiger partial charge in [-0.3, -0.25) is 4.79 Å². The zero-order valence-corrected chi connectivity index (χ0v) is 10.9. The van der Waals surface area contributed by atoms with Crippen molar-refractivity contribution in [3.63, 3.8) is 0 Å². The number of piperidine rings is 1. The molecular formula is C11H14ClN3OS. The lowest BCUT2D eigenvalue weighted by Gasteiger charge is -2.25. The molecule has 0 atom stereocenters. The van der Waals surface area contributed by atoms with Crippen molar-refractivity contribution in [3.05, 3.63) is 16.1 Å². The van der Waals surface area contributed by atoms with E-state index >= 15 is 0 Å². The molecule has 1 aromatic heterocycles. The van der Waals surface area contributed by atoms with Gasteiger partial charge in [0.05, 0.1) is 4.88 Å². The van der Waals surface area contributed by atoms with Crippen LogP contribution >= 0.6 is 22.9 Å². The van der Waals surface area contributed by atoms with Crippen LogP contribution in [0.1, 0.15) is 24.1 Å². The van der Waals surface area contributed by atoms with Crippen molar-refractivity contribution < 1.29 is 4.79 Å². The Kier molecular flexibility index (Phi) is 4.02. The summed E-state index contributed by atoms with van der Waals surface area (Å²) in [6.45, 7) is 2.06. The normalized spacial score (nSPS) is 16.6. The highest BCUT2D eigenvalue weighted by atomic mass is 35.5. The second-order valence-corrected chi connectivity index (χ2v) is 5.30. The maximum atomic E-state index is 10.7. The first-order valence-electron chi connectivity index (χ1n) is 5.55. The number of anilines is 1. The summed E-state index contributed by atoms with van der Waals surface area (Å²) in [4.78, 5) is 18.0. The van der Waals surface area contributed by atoms with Gasteiger partial charge >= 0.3 is 0 Å². The molecule has 0 radical (unpaired) electrons. The first kappa shape index (κ1) is 12.4. The van der Waals surface area contributed by atoms with Crippen LogP contribution in [0.4, 0.5) is 5.13 Å². The molecule has 0 spiro atoms. The van der Waals surface area contributed by atoms with Gasteiger partial charge in [-0.2, -0.15) is 0 Å². The molecule has 1 saturated heterocycles. The number of primary amides is 1. The van der Waals surface area contributed by atoms with Gasteiger partial charge in [-0.15, -0.1) is 0 Å². The minimum Gasteiger partial charge on any atom is -0.366 e. The third-order valence-corrected chi connectivity index (χ3v) is 4.11. The third-order valence-electron chi connectivity index (χ3n) is 2.62. The summed E-state index contributed by atoms with van der Waals surface area (Å²) < 4.78 is 0. The molecule has 2 heterocycles. The topological polar surface area (TPSA) is 59.2 Å². The molecule has 1 aliphatic heterocycles. The summed E-state index contributed by atoms with van der Waals surface area (Å²) in [5.74, 6) is -0.478. The van der Waals surface area contributed by atoms with Gasteiger partial charge in [0, 0.05) is 19.2 Å². The average molecular weight is 272 g/mol. The lowest BCUT2D eigenvalue weighted by molar-refractivity contribution is -0.113. The molecule has 6 heteroatoms. The Balaban J connectivity index is 2.14. The summed E-state index contributed by atoms with van der Waals surface area (Å²) in [6, 6.07) is 0. The predicted octanol–water partition coefficient (Wildman–Crippen LogP) is 2.29. The van der Waals surface area contributed by atoms with Crippen LogP contribution in [0, 0.1) is 0 Å². The Bertz CT molecular complexity index is 438. The Morgan fingerprint density at radius 3 is 2.76 bits per heavy atom. The van der Waals surface area contributed by atoms with Crippen molar-refractivity contribution in [2.45, 2.75) is 19.3 Å². The van der Waals surface area contributed by atoms with Gasteiger partial charge in [-0.1, -0.05) is 22.9 Å². The molecule has 1 fully saturated rings. The van der Waals surface area contributed by atoms with E-state index in [0.29, 0.717) is 5.15 Å². The monoisotopic (exact) mass is 271 g/mol. The quantitative estimate of drug-likeness (QED) is 0.858. The molecule has 17 heavy (non-hydrogen) atoms. The van der Waals surface area contributed by atoms with Crippen LogP contribution in [0.15, 0.2) is 6.08 Å². The van der Waals surface area contributed by atoms with Crippen molar-refractivity contribution in [3.8, 4) is 0 Å². The number of hydrogen-bond donors (Lipinski definition) is 1. The molecule has 92 valence electrons. The van der Waals surface area contributed by atoms with Crippen molar-refractivity contribution in [1.29, 1.82) is 0 Å². The Labute approximate surface area is 109 Å². The zero-order chi connectivity index (χ0) is 12.3. The Hall–Kier alpha value is -1.07. The number of nitrogens with two attached hydrogens (primary N) is 1. The fourth-order valence-electron chi connectivity index (χ4n) is 1.78. The number of aromatic nitrogens is 1. The standard InChI is InChI=1S/C11H14ClN3OS/c12-10-8(4-5-9(13)16)17-11(14-10)15-6-2-1-3-7-15/h4-5H,1-3,6-7H2,(H2,13,16)/b5-4-. The second-order valence-electron chi connectivity index (χ2n) is 3.93. The number of halogens is 1. The van der Waals surface area contributed by atoms with E-state index in [4.69, 9.17) is 17.3 Å². The minimum absolute atomic E-state index is 0.438. The van der Waals surface area contributed by atoms with Gasteiger partial charge < -0.3 is 10.6 Å². The van der Waals surface area contributed by atoms with E-state index in [9.17, 15) is 4.79 Å². The summed E-state index contributed by atoms with van der Waals surface area (Å²) in [5.41, 5.74) is 5.04. The fraction of sp³-hybridized carbons (Fsp3) is 0.455. The van der Waals surface area contributed by atoms with E-state index < -0.39 is 5.91 Å². The van der Waals surface area contributed by atoms with Crippen LogP contribution in [-0.2, 0) is 4.79 Å². The predicted molar refractivity (Wildman–Crippen MR) is 71.4 cm³/mol. The van der Waals surface area contributed by atoms with Crippen LogP contribution in [0.5, 0.6) is 0 Å². The molecule has 0 aliphatic carbocycles. The van der Waals surface area contributed by atoms with Crippen LogP contribution in [0.25, 0.3) is 6.08 Å². The highest BCUT2D eigenvalue weighted by molar-refractivity contribution is 7.17. The first-order chi connectivity index (χ1) is 8.16. The smallest absolute Gasteiger partial charge is 0.241 e. The van der Waals surface area contributed by atoms with Crippen molar-refractivity contribution in [1.82, 2.24) is 4.98 Å². The Morgan fingerprint density at radius 2 is 2.12 bits per heavy atom. The SMILES string of the molecule is NC(=O)/C=C\c1sc(N2CCCCC2)nc1Cl. The van der Waals surface area contributed by atoms with E-state index in [2.05, 4.69) is 9.88 Å². The molecular weight excluding hydrogens is 258 g/mol. The molecule has 2 N–H and O–H groups in total. The molecule has 1 aliphatic rings. The lowest BCUT2D eigenvalue weighted by atomic mass is 10.1. The highest BCUT2D eigenvalue weighted by Gasteiger charge is 2.16. The van der Waals surface area contributed by atoms with Crippen LogP contribution < -0.4 is 10.6 Å². The molecule has 0 saturated carbocycles. The van der Waals surface area contributed by atoms with E-state index in [1.54, 1.807) is 6.08 Å². The highest BCUT2D eigenvalue weighted by Crippen LogP contribution is 2.32. The number of rotatable bonds is 3. The largest absolute Gasteiger partial charge is 0.366 e. The molecule has 1 aromatic rings. The van der Waals surface area contributed by atoms with Crippen molar-refractivity contribution in [2.24, 2.45) is 5.73 Å². The third kappa shape index (κ3) is 3.20. The van der Waals surface area contributed by atoms with E-state index in [1.807, 2.05) is 0 Å². The van der Waals surface area contributed by atoms with Gasteiger partial charge in [-0.25, -0.2) is 4.98 Å². The number of thiazole rings is 1. The van der Waals surface area contributed by atoms with Gasteiger partial charge in [-0.05, 0) is 25.3 Å². The van der Waals surface area contributed by atoms with E-state index in [1.165, 1.54) is 36.7 Å². The average Bonchev–Trinajstić information content (AvgIpc) is 2.69. The maximum absolute atomic E-state index is 10.7. The molecule has 2 rings (SSSR count). The van der Waals surface area contributed by atoms with Crippen LogP contribution in [0.3, 0.4) is 0 Å². The Morgan fingerprint density at radius 1 is 1.41 bits per heavy atom. The van der Waals surface area contributed by atoms with E-state index in [-0.39, 0.29) is 0 Å². The fourth-order valence-corrected chi connectivity index (χ4v) is 3.00. The molecule has 0 unspecified atom stereocenters. The number of hydrogen-bond acceptors (Lipinski definition) is 4. The molecule has 1 amide bonds. The maximum Gasteiger partial charge on any atom is 0.241 e. The van der Waals surface area contributed by atoms with Gasteiger partial charge in [0.15, 0.2) is 5.13 Å². The van der Waals surface area contributed by atoms with Crippen LogP contribution in [0.2, 0.25) is 5.15 Å². The summed E-state index contributed by atoms with van der Waals surface area (Å²) in [7, 11) is 0. The summed E-state index contributed by atoms with van der Waals surface area (Å²) in [5, 5.41) is 1.37. The molecule has 4 nitrogen and oxygen atoms in total. The van der Waals surface area contributed by atoms with E-state index in [0.717, 1.165) is 23.1 Å². The number of amides is 1. The van der Waals surface area contributed by atoms with Gasteiger partial charge in [0.25, 0.3) is 0 Å². The molecule has 0 bridgehead atoms. The minimum atomic E-state index is -0.478. The number of carbonyl (C=O) groups is 1.